The molecule has 0 aliphatic heterocycles. The first kappa shape index (κ1) is 17.6. The van der Waals surface area contributed by atoms with Crippen molar-refractivity contribution in [2.24, 2.45) is 5.10 Å². The zero-order valence-corrected chi connectivity index (χ0v) is 14.4. The summed E-state index contributed by atoms with van der Waals surface area (Å²) in [6, 6.07) is 2.63. The molecule has 10 heteroatoms. The summed E-state index contributed by atoms with van der Waals surface area (Å²) in [6.07, 6.45) is 1.38. The topological polar surface area (TPSA) is 119 Å². The van der Waals surface area contributed by atoms with Crippen molar-refractivity contribution in [3.05, 3.63) is 38.4 Å². The van der Waals surface area contributed by atoms with E-state index in [1.54, 1.807) is 0 Å². The van der Waals surface area contributed by atoms with Crippen LogP contribution in [-0.2, 0) is 5.41 Å². The van der Waals surface area contributed by atoms with Crippen LogP contribution in [0.5, 0.6) is 11.5 Å². The van der Waals surface area contributed by atoms with Gasteiger partial charge in [0.1, 0.15) is 0 Å². The Morgan fingerprint density at radius 3 is 2.71 bits per heavy atom. The summed E-state index contributed by atoms with van der Waals surface area (Å²) < 4.78 is 6.70. The first-order chi connectivity index (χ1) is 11.1. The molecule has 2 aromatic rings. The van der Waals surface area contributed by atoms with Gasteiger partial charge in [-0.2, -0.15) is 14.9 Å². The Morgan fingerprint density at radius 2 is 2.17 bits per heavy atom. The second kappa shape index (κ2) is 6.40. The van der Waals surface area contributed by atoms with Gasteiger partial charge >= 0.3 is 5.69 Å². The lowest BCUT2D eigenvalue weighted by atomic mass is 9.96. The molecule has 0 atom stereocenters. The number of hydrogen-bond donors (Lipinski definition) is 2. The predicted molar refractivity (Wildman–Crippen MR) is 90.4 cm³/mol. The molecule has 9 nitrogen and oxygen atoms in total. The van der Waals surface area contributed by atoms with Gasteiger partial charge in [-0.15, -0.1) is 0 Å². The van der Waals surface area contributed by atoms with Gasteiger partial charge < -0.3 is 9.84 Å². The molecule has 0 aliphatic rings. The Labute approximate surface area is 142 Å². The Kier molecular flexibility index (Phi) is 4.69. The molecule has 0 saturated carbocycles. The number of phenolic OH excluding ortho intramolecular Hbond substituents is 1. The van der Waals surface area contributed by atoms with Crippen LogP contribution in [0.3, 0.4) is 0 Å². The van der Waals surface area contributed by atoms with E-state index < -0.39 is 16.4 Å². The molecule has 0 aliphatic carbocycles. The van der Waals surface area contributed by atoms with Gasteiger partial charge in [-0.1, -0.05) is 20.8 Å². The zero-order valence-electron chi connectivity index (χ0n) is 13.6. The van der Waals surface area contributed by atoms with E-state index in [4.69, 9.17) is 17.0 Å². The molecule has 0 saturated heterocycles. The largest absolute Gasteiger partial charge is 0.500 e. The molecule has 0 radical (unpaired) electrons. The van der Waals surface area contributed by atoms with Gasteiger partial charge in [0.15, 0.2) is 11.6 Å². The number of hydrogen-bond acceptors (Lipinski definition) is 7. The van der Waals surface area contributed by atoms with Crippen molar-refractivity contribution in [1.82, 2.24) is 14.9 Å². The maximum Gasteiger partial charge on any atom is 0.315 e. The Morgan fingerprint density at radius 1 is 1.50 bits per heavy atom. The van der Waals surface area contributed by atoms with Gasteiger partial charge in [-0.05, 0) is 18.3 Å². The van der Waals surface area contributed by atoms with Crippen LogP contribution in [0.15, 0.2) is 17.2 Å². The highest BCUT2D eigenvalue weighted by Crippen LogP contribution is 2.36. The highest BCUT2D eigenvalue weighted by atomic mass is 32.1. The standard InChI is InChI=1S/C14H17N5O4S/c1-14(2,3)12-16-17-13(24)18(12)15-7-8-5-9(19(21)22)11(20)10(6-8)23-4/h5-7,20H,1-4H3,(H,17,24)/b15-7+. The van der Waals surface area contributed by atoms with E-state index in [0.29, 0.717) is 16.2 Å². The van der Waals surface area contributed by atoms with E-state index in [-0.39, 0.29) is 11.2 Å². The van der Waals surface area contributed by atoms with Crippen LogP contribution in [0.1, 0.15) is 32.2 Å². The molecule has 2 rings (SSSR count). The van der Waals surface area contributed by atoms with Gasteiger partial charge in [0, 0.05) is 17.0 Å². The van der Waals surface area contributed by atoms with Gasteiger partial charge in [-0.3, -0.25) is 15.2 Å². The number of aromatic hydroxyl groups is 1. The summed E-state index contributed by atoms with van der Waals surface area (Å²) in [5.41, 5.74) is -0.397. The molecule has 0 unspecified atom stereocenters. The van der Waals surface area contributed by atoms with E-state index in [0.717, 1.165) is 0 Å². The van der Waals surface area contributed by atoms with Crippen LogP contribution in [0.2, 0.25) is 0 Å². The molecular weight excluding hydrogens is 334 g/mol. The van der Waals surface area contributed by atoms with Crippen molar-refractivity contribution in [1.29, 1.82) is 0 Å². The van der Waals surface area contributed by atoms with Crippen molar-refractivity contribution >= 4 is 24.1 Å². The number of nitro benzene ring substituents is 1. The highest BCUT2D eigenvalue weighted by Gasteiger charge is 2.22. The van der Waals surface area contributed by atoms with E-state index in [1.165, 1.54) is 30.1 Å². The fraction of sp³-hybridized carbons (Fsp3) is 0.357. The molecule has 0 bridgehead atoms. The summed E-state index contributed by atoms with van der Waals surface area (Å²) in [6.45, 7) is 5.87. The lowest BCUT2D eigenvalue weighted by molar-refractivity contribution is -0.386. The van der Waals surface area contributed by atoms with Crippen LogP contribution < -0.4 is 4.74 Å². The number of aromatic nitrogens is 3. The Bertz CT molecular complexity index is 863. The van der Waals surface area contributed by atoms with E-state index >= 15 is 0 Å². The van der Waals surface area contributed by atoms with E-state index in [9.17, 15) is 15.2 Å². The number of ether oxygens (including phenoxy) is 1. The zero-order chi connectivity index (χ0) is 18.1. The monoisotopic (exact) mass is 351 g/mol. The average Bonchev–Trinajstić information content (AvgIpc) is 2.87. The normalized spacial score (nSPS) is 11.8. The fourth-order valence-electron chi connectivity index (χ4n) is 1.99. The van der Waals surface area contributed by atoms with Gasteiger partial charge in [0.05, 0.1) is 18.2 Å². The number of nitrogens with one attached hydrogen (secondary N) is 1. The summed E-state index contributed by atoms with van der Waals surface area (Å²) in [4.78, 5) is 10.3. The third-order valence-corrected chi connectivity index (χ3v) is 3.40. The number of phenols is 1. The van der Waals surface area contributed by atoms with E-state index in [1.807, 2.05) is 20.8 Å². The minimum absolute atomic E-state index is 0.0162. The lowest BCUT2D eigenvalue weighted by Gasteiger charge is -2.15. The van der Waals surface area contributed by atoms with Gasteiger partial charge in [0.25, 0.3) is 0 Å². The minimum Gasteiger partial charge on any atom is -0.500 e. The molecule has 0 fully saturated rings. The summed E-state index contributed by atoms with van der Waals surface area (Å²) in [7, 11) is 1.31. The number of nitro groups is 1. The molecule has 1 aromatic carbocycles. The summed E-state index contributed by atoms with van der Waals surface area (Å²) in [5.74, 6) is 0.0661. The molecular formula is C14H17N5O4S. The number of rotatable bonds is 4. The number of methoxy groups -OCH3 is 1. The van der Waals surface area contributed by atoms with Gasteiger partial charge in [0.2, 0.25) is 10.5 Å². The molecule has 1 aromatic heterocycles. The number of nitrogens with zero attached hydrogens (tertiary/aromatic N) is 4. The van der Waals surface area contributed by atoms with Crippen LogP contribution in [0.4, 0.5) is 5.69 Å². The maximum absolute atomic E-state index is 11.0. The number of aromatic amines is 1. The lowest BCUT2D eigenvalue weighted by Crippen LogP contribution is -2.17. The summed E-state index contributed by atoms with van der Waals surface area (Å²) >= 11 is 5.15. The van der Waals surface area contributed by atoms with E-state index in [2.05, 4.69) is 15.3 Å². The highest BCUT2D eigenvalue weighted by molar-refractivity contribution is 7.71. The second-order valence-electron chi connectivity index (χ2n) is 6.01. The first-order valence-corrected chi connectivity index (χ1v) is 7.33. The molecule has 0 spiro atoms. The fourth-order valence-corrected chi connectivity index (χ4v) is 2.17. The van der Waals surface area contributed by atoms with Crippen LogP contribution in [0.25, 0.3) is 0 Å². The average molecular weight is 351 g/mol. The molecule has 24 heavy (non-hydrogen) atoms. The smallest absolute Gasteiger partial charge is 0.315 e. The van der Waals surface area contributed by atoms with Crippen LogP contribution in [-0.4, -0.2) is 38.2 Å². The quantitative estimate of drug-likeness (QED) is 0.378. The SMILES string of the molecule is COc1cc(/C=N/n2c(C(C)(C)C)n[nH]c2=S)cc([N+](=O)[O-])c1O. The minimum atomic E-state index is -0.695. The van der Waals surface area contributed by atoms with Crippen molar-refractivity contribution < 1.29 is 14.8 Å². The Hall–Kier alpha value is -2.75. The second-order valence-corrected chi connectivity index (χ2v) is 6.39. The molecule has 128 valence electrons. The van der Waals surface area contributed by atoms with Crippen molar-refractivity contribution in [2.45, 2.75) is 26.2 Å². The van der Waals surface area contributed by atoms with Crippen LogP contribution >= 0.6 is 12.2 Å². The first-order valence-electron chi connectivity index (χ1n) is 6.92. The maximum atomic E-state index is 11.0. The Balaban J connectivity index is 2.51. The number of H-pyrrole nitrogens is 1. The predicted octanol–water partition coefficient (Wildman–Crippen LogP) is 2.74. The number of benzene rings is 1. The molecule has 1 heterocycles. The molecule has 0 amide bonds. The third kappa shape index (κ3) is 3.43. The van der Waals surface area contributed by atoms with Gasteiger partial charge in [-0.25, -0.2) is 0 Å². The van der Waals surface area contributed by atoms with Crippen molar-refractivity contribution in [2.75, 3.05) is 7.11 Å². The van der Waals surface area contributed by atoms with Crippen molar-refractivity contribution in [3.8, 4) is 11.5 Å². The third-order valence-electron chi connectivity index (χ3n) is 3.14. The molecule has 2 N–H and O–H groups in total. The summed E-state index contributed by atoms with van der Waals surface area (Å²) in [5, 5.41) is 31.9. The van der Waals surface area contributed by atoms with Crippen LogP contribution in [0, 0.1) is 14.9 Å². The van der Waals surface area contributed by atoms with Crippen molar-refractivity contribution in [3.63, 3.8) is 0 Å².